The van der Waals surface area contributed by atoms with Crippen LogP contribution in [0.25, 0.3) is 0 Å². The van der Waals surface area contributed by atoms with Crippen LogP contribution in [-0.4, -0.2) is 48.1 Å². The fourth-order valence-corrected chi connectivity index (χ4v) is 3.78. The Morgan fingerprint density at radius 2 is 1.27 bits per heavy atom. The van der Waals surface area contributed by atoms with Gasteiger partial charge in [0.25, 0.3) is 0 Å². The molecule has 0 aliphatic carbocycles. The van der Waals surface area contributed by atoms with E-state index in [2.05, 4.69) is 51.3 Å². The lowest BCUT2D eigenvalue weighted by Crippen LogP contribution is -2.39. The Balaban J connectivity index is 0.000000220. The second-order valence-electron chi connectivity index (χ2n) is 7.99. The SMILES string of the molecule is CCC1CCCN(C(C)C)C1.CCC1CCN(C(C)C)CC1. The summed E-state index contributed by atoms with van der Waals surface area (Å²) in [6.45, 7) is 19.2. The Morgan fingerprint density at radius 3 is 1.73 bits per heavy atom. The molecule has 0 N–H and O–H groups in total. The zero-order chi connectivity index (χ0) is 16.5. The molecule has 0 aromatic carbocycles. The summed E-state index contributed by atoms with van der Waals surface area (Å²) in [6.07, 6.45) is 8.47. The third-order valence-corrected chi connectivity index (χ3v) is 5.81. The summed E-state index contributed by atoms with van der Waals surface area (Å²) in [7, 11) is 0. The second kappa shape index (κ2) is 10.6. The number of hydrogen-bond donors (Lipinski definition) is 0. The normalized spacial score (nSPS) is 25.4. The van der Waals surface area contributed by atoms with E-state index in [1.807, 2.05) is 0 Å². The summed E-state index contributed by atoms with van der Waals surface area (Å²) in [5.41, 5.74) is 0. The number of piperidine rings is 2. The quantitative estimate of drug-likeness (QED) is 0.718. The molecule has 0 radical (unpaired) electrons. The number of nitrogens with zero attached hydrogens (tertiary/aromatic N) is 2. The van der Waals surface area contributed by atoms with Crippen molar-refractivity contribution < 1.29 is 0 Å². The van der Waals surface area contributed by atoms with E-state index in [1.165, 1.54) is 64.7 Å². The zero-order valence-electron chi connectivity index (χ0n) is 16.3. The third-order valence-electron chi connectivity index (χ3n) is 5.81. The van der Waals surface area contributed by atoms with Gasteiger partial charge < -0.3 is 9.80 Å². The lowest BCUT2D eigenvalue weighted by Gasteiger charge is -2.34. The smallest absolute Gasteiger partial charge is 0.00387 e. The van der Waals surface area contributed by atoms with E-state index in [0.717, 1.165) is 23.9 Å². The van der Waals surface area contributed by atoms with E-state index in [9.17, 15) is 0 Å². The maximum absolute atomic E-state index is 2.61. The highest BCUT2D eigenvalue weighted by molar-refractivity contribution is 4.74. The van der Waals surface area contributed by atoms with Gasteiger partial charge in [0.2, 0.25) is 0 Å². The molecule has 1 unspecified atom stereocenters. The number of likely N-dealkylation sites (tertiary alicyclic amines) is 2. The fourth-order valence-electron chi connectivity index (χ4n) is 3.78. The van der Waals surface area contributed by atoms with Crippen LogP contribution in [0.4, 0.5) is 0 Å². The Hall–Kier alpha value is -0.0800. The summed E-state index contributed by atoms with van der Waals surface area (Å²) in [6, 6.07) is 1.51. The summed E-state index contributed by atoms with van der Waals surface area (Å²) in [5.74, 6) is 2.00. The molecule has 0 aromatic heterocycles. The molecule has 2 nitrogen and oxygen atoms in total. The Bertz CT molecular complexity index is 267. The van der Waals surface area contributed by atoms with Crippen molar-refractivity contribution in [3.8, 4) is 0 Å². The van der Waals surface area contributed by atoms with E-state index >= 15 is 0 Å². The molecule has 2 rings (SSSR count). The predicted molar refractivity (Wildman–Crippen MR) is 99.4 cm³/mol. The topological polar surface area (TPSA) is 6.48 Å². The molecule has 2 heterocycles. The molecular weight excluding hydrogens is 268 g/mol. The first-order valence-corrected chi connectivity index (χ1v) is 9.95. The number of hydrogen-bond acceptors (Lipinski definition) is 2. The average molecular weight is 311 g/mol. The van der Waals surface area contributed by atoms with Gasteiger partial charge in [0, 0.05) is 18.6 Å². The molecule has 2 fully saturated rings. The van der Waals surface area contributed by atoms with Crippen molar-refractivity contribution in [2.45, 2.75) is 92.2 Å². The largest absolute Gasteiger partial charge is 0.301 e. The van der Waals surface area contributed by atoms with E-state index in [-0.39, 0.29) is 0 Å². The number of rotatable bonds is 4. The van der Waals surface area contributed by atoms with Gasteiger partial charge in [-0.1, -0.05) is 26.7 Å². The molecule has 1 atom stereocenters. The molecule has 2 heteroatoms. The maximum atomic E-state index is 2.61. The standard InChI is InChI=1S/2C10H21N/c1-4-10-5-7-11(8-6-10)9(2)3;1-4-10-6-5-7-11(8-10)9(2)3/h2*9-10H,4-8H2,1-3H3. The summed E-state index contributed by atoms with van der Waals surface area (Å²) in [5, 5.41) is 0. The minimum absolute atomic E-state index is 0.754. The van der Waals surface area contributed by atoms with Gasteiger partial charge in [-0.15, -0.1) is 0 Å². The maximum Gasteiger partial charge on any atom is 0.00387 e. The van der Waals surface area contributed by atoms with Gasteiger partial charge in [-0.3, -0.25) is 0 Å². The average Bonchev–Trinajstić information content (AvgIpc) is 2.55. The molecule has 0 aromatic rings. The highest BCUT2D eigenvalue weighted by atomic mass is 15.2. The van der Waals surface area contributed by atoms with Crippen LogP contribution >= 0.6 is 0 Å². The van der Waals surface area contributed by atoms with Crippen molar-refractivity contribution in [1.82, 2.24) is 9.80 Å². The van der Waals surface area contributed by atoms with Crippen LogP contribution in [0.5, 0.6) is 0 Å². The summed E-state index contributed by atoms with van der Waals surface area (Å²) >= 11 is 0. The minimum Gasteiger partial charge on any atom is -0.301 e. The first-order chi connectivity index (χ1) is 10.5. The lowest BCUT2D eigenvalue weighted by molar-refractivity contribution is 0.138. The second-order valence-corrected chi connectivity index (χ2v) is 7.99. The Kier molecular flexibility index (Phi) is 9.66. The summed E-state index contributed by atoms with van der Waals surface area (Å²) < 4.78 is 0. The van der Waals surface area contributed by atoms with E-state index in [0.29, 0.717) is 0 Å². The molecule has 22 heavy (non-hydrogen) atoms. The van der Waals surface area contributed by atoms with Crippen molar-refractivity contribution in [3.05, 3.63) is 0 Å². The molecular formula is C20H42N2. The van der Waals surface area contributed by atoms with Gasteiger partial charge >= 0.3 is 0 Å². The molecule has 0 spiro atoms. The van der Waals surface area contributed by atoms with Gasteiger partial charge in [-0.05, 0) is 84.8 Å². The van der Waals surface area contributed by atoms with Crippen molar-refractivity contribution in [1.29, 1.82) is 0 Å². The minimum atomic E-state index is 0.754. The van der Waals surface area contributed by atoms with Crippen LogP contribution in [0.3, 0.4) is 0 Å². The van der Waals surface area contributed by atoms with Crippen molar-refractivity contribution in [3.63, 3.8) is 0 Å². The first kappa shape index (κ1) is 20.0. The molecule has 0 saturated carbocycles. The molecule has 0 amide bonds. The highest BCUT2D eigenvalue weighted by Crippen LogP contribution is 2.21. The lowest BCUT2D eigenvalue weighted by atomic mass is 9.94. The van der Waals surface area contributed by atoms with Crippen LogP contribution in [-0.2, 0) is 0 Å². The van der Waals surface area contributed by atoms with Crippen LogP contribution in [0.2, 0.25) is 0 Å². The van der Waals surface area contributed by atoms with Crippen LogP contribution in [0.15, 0.2) is 0 Å². The zero-order valence-corrected chi connectivity index (χ0v) is 16.3. The van der Waals surface area contributed by atoms with Crippen molar-refractivity contribution in [2.75, 3.05) is 26.2 Å². The van der Waals surface area contributed by atoms with Crippen LogP contribution in [0, 0.1) is 11.8 Å². The summed E-state index contributed by atoms with van der Waals surface area (Å²) in [4.78, 5) is 5.20. The van der Waals surface area contributed by atoms with E-state index in [4.69, 9.17) is 0 Å². The van der Waals surface area contributed by atoms with Crippen molar-refractivity contribution in [2.24, 2.45) is 11.8 Å². The van der Waals surface area contributed by atoms with Gasteiger partial charge in [-0.25, -0.2) is 0 Å². The first-order valence-electron chi connectivity index (χ1n) is 9.95. The van der Waals surface area contributed by atoms with Gasteiger partial charge in [-0.2, -0.15) is 0 Å². The van der Waals surface area contributed by atoms with Crippen LogP contribution < -0.4 is 0 Å². The Morgan fingerprint density at radius 1 is 0.727 bits per heavy atom. The molecule has 2 aliphatic heterocycles. The van der Waals surface area contributed by atoms with Gasteiger partial charge in [0.1, 0.15) is 0 Å². The Labute approximate surface area is 140 Å². The van der Waals surface area contributed by atoms with Crippen LogP contribution in [0.1, 0.15) is 80.1 Å². The van der Waals surface area contributed by atoms with Gasteiger partial charge in [0.05, 0.1) is 0 Å². The highest BCUT2D eigenvalue weighted by Gasteiger charge is 2.20. The molecule has 2 saturated heterocycles. The monoisotopic (exact) mass is 310 g/mol. The molecule has 132 valence electrons. The van der Waals surface area contributed by atoms with Gasteiger partial charge in [0.15, 0.2) is 0 Å². The van der Waals surface area contributed by atoms with E-state index in [1.54, 1.807) is 0 Å². The van der Waals surface area contributed by atoms with E-state index < -0.39 is 0 Å². The predicted octanol–water partition coefficient (Wildman–Crippen LogP) is 5.03. The van der Waals surface area contributed by atoms with Crippen molar-refractivity contribution >= 4 is 0 Å². The fraction of sp³-hybridized carbons (Fsp3) is 1.00. The molecule has 0 bridgehead atoms. The third kappa shape index (κ3) is 7.00. The molecule has 2 aliphatic rings.